The fourth-order valence-corrected chi connectivity index (χ4v) is 3.12. The van der Waals surface area contributed by atoms with Gasteiger partial charge in [-0.2, -0.15) is 0 Å². The molecule has 0 spiro atoms. The van der Waals surface area contributed by atoms with Crippen molar-refractivity contribution in [3.8, 4) is 5.75 Å². The maximum atomic E-state index is 9.58. The fraction of sp³-hybridized carbons (Fsp3) is 0.625. The van der Waals surface area contributed by atoms with Gasteiger partial charge in [0.2, 0.25) is 0 Å². The van der Waals surface area contributed by atoms with Gasteiger partial charge in [0.1, 0.15) is 5.75 Å². The Bertz CT molecular complexity index is 468. The number of hydrogen-bond donors (Lipinski definition) is 1. The second kappa shape index (κ2) is 7.45. The topological polar surface area (TPSA) is 35.9 Å². The van der Waals surface area contributed by atoms with Gasteiger partial charge in [-0.3, -0.25) is 4.90 Å². The summed E-state index contributed by atoms with van der Waals surface area (Å²) in [6.45, 7) is 4.55. The van der Waals surface area contributed by atoms with E-state index < -0.39 is 0 Å². The summed E-state index contributed by atoms with van der Waals surface area (Å²) in [6.07, 6.45) is 1.01. The molecule has 1 fully saturated rings. The van der Waals surface area contributed by atoms with Crippen LogP contribution >= 0.6 is 11.6 Å². The van der Waals surface area contributed by atoms with Crippen molar-refractivity contribution in [2.45, 2.75) is 32.0 Å². The van der Waals surface area contributed by atoms with Gasteiger partial charge in [-0.05, 0) is 45.1 Å². The molecule has 0 amide bonds. The Hall–Kier alpha value is -0.810. The lowest BCUT2D eigenvalue weighted by Crippen LogP contribution is -2.33. The predicted octanol–water partition coefficient (Wildman–Crippen LogP) is 2.24. The maximum absolute atomic E-state index is 9.58. The molecule has 1 N–H and O–H groups in total. The van der Waals surface area contributed by atoms with Crippen LogP contribution in [0.4, 0.5) is 0 Å². The number of hydrogen-bond acceptors (Lipinski definition) is 4. The van der Waals surface area contributed by atoms with Crippen LogP contribution in [0.25, 0.3) is 0 Å². The summed E-state index contributed by atoms with van der Waals surface area (Å²) in [4.78, 5) is 4.56. The molecular formula is C16H25ClN2O2. The van der Waals surface area contributed by atoms with Crippen LogP contribution in [0.5, 0.6) is 5.75 Å². The normalized spacial score (nSPS) is 23.0. The molecule has 0 unspecified atom stereocenters. The third kappa shape index (κ3) is 4.10. The van der Waals surface area contributed by atoms with Crippen LogP contribution in [0, 0.1) is 0 Å². The quantitative estimate of drug-likeness (QED) is 0.874. The lowest BCUT2D eigenvalue weighted by Gasteiger charge is -2.23. The summed E-state index contributed by atoms with van der Waals surface area (Å²) in [5.41, 5.74) is 1.15. The Labute approximate surface area is 132 Å². The molecule has 0 bridgehead atoms. The first-order valence-electron chi connectivity index (χ1n) is 7.47. The average Bonchev–Trinajstić information content (AvgIpc) is 2.85. The molecular weight excluding hydrogens is 288 g/mol. The van der Waals surface area contributed by atoms with Gasteiger partial charge in [-0.25, -0.2) is 0 Å². The van der Waals surface area contributed by atoms with Crippen molar-refractivity contribution in [3.05, 3.63) is 28.8 Å². The highest BCUT2D eigenvalue weighted by Gasteiger charge is 2.32. The third-order valence-corrected chi connectivity index (χ3v) is 4.42. The molecule has 1 aromatic rings. The maximum Gasteiger partial charge on any atom is 0.137 e. The van der Waals surface area contributed by atoms with Gasteiger partial charge in [0.05, 0.1) is 18.2 Å². The predicted molar refractivity (Wildman–Crippen MR) is 86.0 cm³/mol. The summed E-state index contributed by atoms with van der Waals surface area (Å²) in [7, 11) is 4.19. The number of aliphatic hydroxyl groups excluding tert-OH is 1. The highest BCUT2D eigenvalue weighted by Crippen LogP contribution is 2.28. The van der Waals surface area contributed by atoms with Crippen molar-refractivity contribution >= 4 is 11.6 Å². The largest absolute Gasteiger partial charge is 0.492 e. The van der Waals surface area contributed by atoms with Crippen molar-refractivity contribution in [2.24, 2.45) is 0 Å². The lowest BCUT2D eigenvalue weighted by molar-refractivity contribution is 0.153. The minimum atomic E-state index is 0.203. The molecule has 2 atom stereocenters. The zero-order valence-electron chi connectivity index (χ0n) is 13.1. The molecule has 0 aliphatic carbocycles. The Balaban J connectivity index is 2.05. The molecule has 2 rings (SSSR count). The summed E-state index contributed by atoms with van der Waals surface area (Å²) >= 11 is 6.24. The zero-order chi connectivity index (χ0) is 15.4. The lowest BCUT2D eigenvalue weighted by atomic mass is 10.1. The second-order valence-electron chi connectivity index (χ2n) is 5.82. The van der Waals surface area contributed by atoms with Crippen molar-refractivity contribution in [1.29, 1.82) is 0 Å². The van der Waals surface area contributed by atoms with E-state index in [1.807, 2.05) is 25.1 Å². The van der Waals surface area contributed by atoms with Gasteiger partial charge in [0, 0.05) is 25.2 Å². The Morgan fingerprint density at radius 2 is 2.19 bits per heavy atom. The molecule has 0 radical (unpaired) electrons. The van der Waals surface area contributed by atoms with E-state index >= 15 is 0 Å². The van der Waals surface area contributed by atoms with Crippen LogP contribution in [0.2, 0.25) is 5.02 Å². The summed E-state index contributed by atoms with van der Waals surface area (Å²) < 4.78 is 5.46. The molecule has 5 heteroatoms. The van der Waals surface area contributed by atoms with Crippen LogP contribution in [0.3, 0.4) is 0 Å². The summed E-state index contributed by atoms with van der Waals surface area (Å²) in [5.74, 6) is 0.731. The van der Waals surface area contributed by atoms with Crippen molar-refractivity contribution < 1.29 is 9.84 Å². The van der Waals surface area contributed by atoms with Crippen LogP contribution in [0.15, 0.2) is 18.2 Å². The van der Waals surface area contributed by atoms with E-state index in [9.17, 15) is 5.11 Å². The molecule has 4 nitrogen and oxygen atoms in total. The van der Waals surface area contributed by atoms with Gasteiger partial charge in [-0.15, -0.1) is 0 Å². The number of benzene rings is 1. The number of rotatable bonds is 6. The van der Waals surface area contributed by atoms with Crippen molar-refractivity contribution in [3.63, 3.8) is 0 Å². The molecule has 21 heavy (non-hydrogen) atoms. The van der Waals surface area contributed by atoms with Crippen LogP contribution in [-0.2, 0) is 6.54 Å². The monoisotopic (exact) mass is 312 g/mol. The number of aliphatic hydroxyl groups is 1. The summed E-state index contributed by atoms with van der Waals surface area (Å²) in [6, 6.07) is 6.66. The Morgan fingerprint density at radius 3 is 2.76 bits per heavy atom. The average molecular weight is 313 g/mol. The van der Waals surface area contributed by atoms with Gasteiger partial charge < -0.3 is 14.7 Å². The number of likely N-dealkylation sites (N-methyl/N-ethyl adjacent to an activating group) is 1. The van der Waals surface area contributed by atoms with E-state index in [2.05, 4.69) is 23.9 Å². The SMILES string of the molecule is CCOc1ccc(CN2C[C@H](N(C)C)C[C@H]2CO)cc1Cl. The van der Waals surface area contributed by atoms with Gasteiger partial charge >= 0.3 is 0 Å². The van der Waals surface area contributed by atoms with Crippen LogP contribution < -0.4 is 4.74 Å². The highest BCUT2D eigenvalue weighted by atomic mass is 35.5. The smallest absolute Gasteiger partial charge is 0.137 e. The van der Waals surface area contributed by atoms with Crippen molar-refractivity contribution in [1.82, 2.24) is 9.80 Å². The van der Waals surface area contributed by atoms with E-state index in [1.54, 1.807) is 0 Å². The standard InChI is InChI=1S/C16H25ClN2O2/c1-4-21-16-6-5-12(7-15(16)17)9-19-10-13(18(2)3)8-14(19)11-20/h5-7,13-14,20H,4,8-11H2,1-3H3/t13-,14+/m1/s1. The first-order chi connectivity index (χ1) is 10.0. The highest BCUT2D eigenvalue weighted by molar-refractivity contribution is 6.32. The number of likely N-dealkylation sites (tertiary alicyclic amines) is 1. The molecule has 1 saturated heterocycles. The number of halogens is 1. The van der Waals surface area contributed by atoms with E-state index in [0.717, 1.165) is 30.8 Å². The molecule has 1 aliphatic heterocycles. The Morgan fingerprint density at radius 1 is 1.43 bits per heavy atom. The van der Waals surface area contributed by atoms with E-state index in [-0.39, 0.29) is 12.6 Å². The number of nitrogens with zero attached hydrogens (tertiary/aromatic N) is 2. The summed E-state index contributed by atoms with van der Waals surface area (Å²) in [5, 5.41) is 10.2. The second-order valence-corrected chi connectivity index (χ2v) is 6.22. The Kier molecular flexibility index (Phi) is 5.88. The molecule has 1 heterocycles. The number of ether oxygens (including phenoxy) is 1. The van der Waals surface area contributed by atoms with Gasteiger partial charge in [-0.1, -0.05) is 17.7 Å². The minimum Gasteiger partial charge on any atom is -0.492 e. The minimum absolute atomic E-state index is 0.203. The first-order valence-corrected chi connectivity index (χ1v) is 7.85. The van der Waals surface area contributed by atoms with E-state index in [4.69, 9.17) is 16.3 Å². The van der Waals surface area contributed by atoms with Crippen molar-refractivity contribution in [2.75, 3.05) is 33.9 Å². The first kappa shape index (κ1) is 16.6. The van der Waals surface area contributed by atoms with E-state index in [1.165, 1.54) is 0 Å². The molecule has 1 aromatic carbocycles. The molecule has 118 valence electrons. The molecule has 0 aromatic heterocycles. The van der Waals surface area contributed by atoms with Gasteiger partial charge in [0.15, 0.2) is 0 Å². The van der Waals surface area contributed by atoms with E-state index in [0.29, 0.717) is 17.7 Å². The molecule has 0 saturated carbocycles. The fourth-order valence-electron chi connectivity index (χ4n) is 2.86. The van der Waals surface area contributed by atoms with Crippen LogP contribution in [-0.4, -0.2) is 60.8 Å². The molecule has 1 aliphatic rings. The van der Waals surface area contributed by atoms with Gasteiger partial charge in [0.25, 0.3) is 0 Å². The third-order valence-electron chi connectivity index (χ3n) is 4.13. The zero-order valence-corrected chi connectivity index (χ0v) is 13.8. The van der Waals surface area contributed by atoms with Crippen LogP contribution in [0.1, 0.15) is 18.9 Å².